The van der Waals surface area contributed by atoms with Crippen LogP contribution < -0.4 is 5.32 Å². The number of nitrogens with zero attached hydrogens (tertiary/aromatic N) is 5. The number of pyridine rings is 1. The van der Waals surface area contributed by atoms with Gasteiger partial charge in [0.2, 0.25) is 0 Å². The molecular weight excluding hydrogens is 428 g/mol. The second-order valence-corrected chi connectivity index (χ2v) is 8.49. The van der Waals surface area contributed by atoms with E-state index in [0.29, 0.717) is 34.9 Å². The van der Waals surface area contributed by atoms with E-state index < -0.39 is 5.91 Å². The van der Waals surface area contributed by atoms with Crippen LogP contribution in [0.2, 0.25) is 0 Å². The average Bonchev–Trinajstić information content (AvgIpc) is 3.20. The first-order valence-electron chi connectivity index (χ1n) is 11.2. The van der Waals surface area contributed by atoms with Crippen molar-refractivity contribution in [2.24, 2.45) is 0 Å². The number of anilines is 1. The van der Waals surface area contributed by atoms with Crippen LogP contribution in [0.5, 0.6) is 0 Å². The van der Waals surface area contributed by atoms with Crippen molar-refractivity contribution in [3.05, 3.63) is 69.2 Å². The zero-order valence-corrected chi connectivity index (χ0v) is 20.8. The van der Waals surface area contributed by atoms with Crippen molar-refractivity contribution >= 4 is 17.5 Å². The number of nitrogens with one attached hydrogen (secondary N) is 1. The molecule has 8 heteroatoms. The van der Waals surface area contributed by atoms with Crippen LogP contribution in [0.1, 0.15) is 68.2 Å². The molecule has 1 aromatic carbocycles. The topological polar surface area (TPSA) is 104 Å². The van der Waals surface area contributed by atoms with E-state index in [-0.39, 0.29) is 11.5 Å². The average molecular weight is 459 g/mol. The summed E-state index contributed by atoms with van der Waals surface area (Å²) >= 11 is 0. The molecule has 1 N–H and O–H groups in total. The van der Waals surface area contributed by atoms with Crippen molar-refractivity contribution in [2.75, 3.05) is 19.4 Å². The van der Waals surface area contributed by atoms with Gasteiger partial charge in [0.15, 0.2) is 5.82 Å². The van der Waals surface area contributed by atoms with Crippen LogP contribution in [0, 0.1) is 32.1 Å². The molecule has 0 aliphatic rings. The van der Waals surface area contributed by atoms with Gasteiger partial charge in [-0.15, -0.1) is 0 Å². The Morgan fingerprint density at radius 3 is 2.38 bits per heavy atom. The summed E-state index contributed by atoms with van der Waals surface area (Å²) in [7, 11) is 3.27. The lowest BCUT2D eigenvalue weighted by Gasteiger charge is -2.20. The Bertz CT molecular complexity index is 1310. The zero-order chi connectivity index (χ0) is 25.2. The summed E-state index contributed by atoms with van der Waals surface area (Å²) in [4.78, 5) is 32.5. The molecule has 0 saturated carbocycles. The summed E-state index contributed by atoms with van der Waals surface area (Å²) in [6.07, 6.45) is 3.19. The van der Waals surface area contributed by atoms with Crippen molar-refractivity contribution < 1.29 is 9.59 Å². The highest BCUT2D eigenvalue weighted by atomic mass is 16.2. The molecular formula is C26H30N6O2. The highest BCUT2D eigenvalue weighted by Crippen LogP contribution is 2.30. The summed E-state index contributed by atoms with van der Waals surface area (Å²) in [5.41, 5.74) is 5.59. The maximum absolute atomic E-state index is 13.5. The molecule has 0 aliphatic carbocycles. The fraction of sp³-hybridized carbons (Fsp3) is 0.346. The standard InChI is InChI=1S/C26H30N6O2/c1-8-18-10-15(3)24(28-14-18)32-22(11-16(4)30-32)25(33)29-23-20(9-2)17(5)19(13-27)12-21(23)26(34)31(6)7/h10-12,14H,8-9H2,1-7H3,(H,29,33). The minimum Gasteiger partial charge on any atom is -0.345 e. The Hall–Kier alpha value is -3.99. The van der Waals surface area contributed by atoms with Gasteiger partial charge in [-0.3, -0.25) is 9.59 Å². The van der Waals surface area contributed by atoms with Crippen LogP contribution in [-0.4, -0.2) is 45.6 Å². The summed E-state index contributed by atoms with van der Waals surface area (Å²) in [6, 6.07) is 7.44. The van der Waals surface area contributed by atoms with E-state index in [0.717, 1.165) is 28.7 Å². The van der Waals surface area contributed by atoms with E-state index in [4.69, 9.17) is 0 Å². The third kappa shape index (κ3) is 4.55. The van der Waals surface area contributed by atoms with Gasteiger partial charge in [-0.05, 0) is 68.0 Å². The molecule has 3 rings (SSSR count). The lowest BCUT2D eigenvalue weighted by atomic mass is 9.94. The number of nitriles is 1. The van der Waals surface area contributed by atoms with Crippen LogP contribution in [0.3, 0.4) is 0 Å². The number of hydrogen-bond acceptors (Lipinski definition) is 5. The number of hydrogen-bond donors (Lipinski definition) is 1. The van der Waals surface area contributed by atoms with Crippen molar-refractivity contribution in [3.8, 4) is 11.9 Å². The fourth-order valence-corrected chi connectivity index (χ4v) is 3.99. The van der Waals surface area contributed by atoms with Crippen molar-refractivity contribution in [1.29, 1.82) is 5.26 Å². The molecule has 176 valence electrons. The van der Waals surface area contributed by atoms with E-state index in [9.17, 15) is 14.9 Å². The molecule has 0 spiro atoms. The highest BCUT2D eigenvalue weighted by Gasteiger charge is 2.25. The Kier molecular flexibility index (Phi) is 7.16. The second-order valence-electron chi connectivity index (χ2n) is 8.49. The maximum Gasteiger partial charge on any atom is 0.274 e. The van der Waals surface area contributed by atoms with E-state index in [1.54, 1.807) is 32.4 Å². The Morgan fingerprint density at radius 1 is 1.12 bits per heavy atom. The number of carbonyl (C=O) groups excluding carboxylic acids is 2. The van der Waals surface area contributed by atoms with Gasteiger partial charge in [-0.25, -0.2) is 9.67 Å². The van der Waals surface area contributed by atoms with Gasteiger partial charge in [-0.2, -0.15) is 10.4 Å². The summed E-state index contributed by atoms with van der Waals surface area (Å²) in [5, 5.41) is 17.0. The second kappa shape index (κ2) is 9.87. The number of amides is 2. The lowest BCUT2D eigenvalue weighted by molar-refractivity contribution is 0.0828. The monoisotopic (exact) mass is 458 g/mol. The summed E-state index contributed by atoms with van der Waals surface area (Å²) in [6.45, 7) is 9.57. The normalized spacial score (nSPS) is 10.6. The van der Waals surface area contributed by atoms with Crippen LogP contribution in [0.15, 0.2) is 24.4 Å². The Morgan fingerprint density at radius 2 is 1.82 bits per heavy atom. The molecule has 0 radical (unpaired) electrons. The molecule has 0 atom stereocenters. The van der Waals surface area contributed by atoms with Gasteiger partial charge < -0.3 is 10.2 Å². The zero-order valence-electron chi connectivity index (χ0n) is 20.8. The molecule has 0 bridgehead atoms. The van der Waals surface area contributed by atoms with Gasteiger partial charge in [0.1, 0.15) is 5.69 Å². The van der Waals surface area contributed by atoms with Gasteiger partial charge in [0.05, 0.1) is 28.6 Å². The number of benzene rings is 1. The van der Waals surface area contributed by atoms with Crippen molar-refractivity contribution in [3.63, 3.8) is 0 Å². The Balaban J connectivity index is 2.14. The van der Waals surface area contributed by atoms with Crippen molar-refractivity contribution in [1.82, 2.24) is 19.7 Å². The molecule has 0 saturated heterocycles. The molecule has 3 aromatic rings. The first-order valence-corrected chi connectivity index (χ1v) is 11.2. The molecule has 8 nitrogen and oxygen atoms in total. The number of aryl methyl sites for hydroxylation is 3. The summed E-state index contributed by atoms with van der Waals surface area (Å²) < 4.78 is 1.54. The van der Waals surface area contributed by atoms with E-state index in [1.165, 1.54) is 9.58 Å². The first kappa shape index (κ1) is 24.6. The smallest absolute Gasteiger partial charge is 0.274 e. The number of rotatable bonds is 6. The number of aromatic nitrogens is 3. The molecule has 0 aliphatic heterocycles. The maximum atomic E-state index is 13.5. The Labute approximate surface area is 200 Å². The van der Waals surface area contributed by atoms with Gasteiger partial charge in [-0.1, -0.05) is 19.9 Å². The molecule has 2 aromatic heterocycles. The SMILES string of the molecule is CCc1cnc(-n2nc(C)cc2C(=O)Nc2c(C(=O)N(C)C)cc(C#N)c(C)c2CC)c(C)c1. The van der Waals surface area contributed by atoms with E-state index in [2.05, 4.69) is 28.4 Å². The van der Waals surface area contributed by atoms with Gasteiger partial charge >= 0.3 is 0 Å². The summed E-state index contributed by atoms with van der Waals surface area (Å²) in [5.74, 6) is -0.126. The molecule has 0 unspecified atom stereocenters. The minimum absolute atomic E-state index is 0.279. The van der Waals surface area contributed by atoms with Crippen LogP contribution >= 0.6 is 0 Å². The molecule has 2 heterocycles. The van der Waals surface area contributed by atoms with Crippen LogP contribution in [0.25, 0.3) is 5.82 Å². The highest BCUT2D eigenvalue weighted by molar-refractivity contribution is 6.09. The predicted octanol–water partition coefficient (Wildman–Crippen LogP) is 4.14. The van der Waals surface area contributed by atoms with Gasteiger partial charge in [0.25, 0.3) is 11.8 Å². The van der Waals surface area contributed by atoms with Crippen molar-refractivity contribution in [2.45, 2.75) is 47.5 Å². The number of carbonyl (C=O) groups is 2. The third-order valence-corrected chi connectivity index (χ3v) is 5.85. The molecule has 0 fully saturated rings. The fourth-order valence-electron chi connectivity index (χ4n) is 3.99. The van der Waals surface area contributed by atoms with Crippen LogP contribution in [0.4, 0.5) is 5.69 Å². The lowest BCUT2D eigenvalue weighted by Crippen LogP contribution is -2.26. The minimum atomic E-state index is -0.409. The van der Waals surface area contributed by atoms with E-state index >= 15 is 0 Å². The van der Waals surface area contributed by atoms with Crippen LogP contribution in [-0.2, 0) is 12.8 Å². The first-order chi connectivity index (χ1) is 16.1. The van der Waals surface area contributed by atoms with Gasteiger partial charge in [0, 0.05) is 20.3 Å². The molecule has 34 heavy (non-hydrogen) atoms. The largest absolute Gasteiger partial charge is 0.345 e. The molecule has 2 amide bonds. The predicted molar refractivity (Wildman–Crippen MR) is 131 cm³/mol. The third-order valence-electron chi connectivity index (χ3n) is 5.85. The quantitative estimate of drug-likeness (QED) is 0.598. The van der Waals surface area contributed by atoms with E-state index in [1.807, 2.05) is 33.8 Å².